The number of piperazine rings is 1. The number of rotatable bonds is 7. The smallest absolute Gasteiger partial charge is 0.410 e. The fourth-order valence-corrected chi connectivity index (χ4v) is 8.32. The van der Waals surface area contributed by atoms with E-state index in [9.17, 15) is 13.2 Å². The summed E-state index contributed by atoms with van der Waals surface area (Å²) in [4.78, 5) is 17.7. The van der Waals surface area contributed by atoms with Crippen molar-refractivity contribution in [2.45, 2.75) is 107 Å². The van der Waals surface area contributed by atoms with Crippen LogP contribution in [0.1, 0.15) is 78.1 Å². The zero-order valence-electron chi connectivity index (χ0n) is 21.8. The number of amides is 1. The first-order chi connectivity index (χ1) is 17.3. The van der Waals surface area contributed by atoms with Crippen molar-refractivity contribution in [1.29, 1.82) is 0 Å². The second kappa shape index (κ2) is 12.5. The first kappa shape index (κ1) is 27.7. The topological polar surface area (TPSA) is 70.2 Å². The molecule has 7 nitrogen and oxygen atoms in total. The highest BCUT2D eigenvalue weighted by molar-refractivity contribution is 7.89. The van der Waals surface area contributed by atoms with Gasteiger partial charge in [-0.2, -0.15) is 4.31 Å². The summed E-state index contributed by atoms with van der Waals surface area (Å²) in [6.07, 6.45) is 10.3. The van der Waals surface area contributed by atoms with Crippen LogP contribution in [0.15, 0.2) is 29.2 Å². The summed E-state index contributed by atoms with van der Waals surface area (Å²) < 4.78 is 34.9. The summed E-state index contributed by atoms with van der Waals surface area (Å²) in [6.45, 7) is 6.66. The molecular weight excluding hydrogens is 498 g/mol. The third-order valence-electron chi connectivity index (χ3n) is 8.19. The standard InChI is InChI=1S/C27H42ClN3O4S/c1-3-8-24-11-7-12-25(31(24)36(33,34)26-15-13-22(28)14-16-26)20-35-27(32)30-18-17-29(19-21(30)2)23-9-5-4-6-10-23/h13-16,21,23-25H,3-12,17-20H2,1-2H3/t21-,24-,25-/m0/s1. The number of halogens is 1. The zero-order valence-corrected chi connectivity index (χ0v) is 23.4. The largest absolute Gasteiger partial charge is 0.448 e. The molecule has 0 spiro atoms. The molecule has 1 amide bonds. The van der Waals surface area contributed by atoms with Gasteiger partial charge in [0.15, 0.2) is 0 Å². The Hall–Kier alpha value is -1.35. The summed E-state index contributed by atoms with van der Waals surface area (Å²) in [6, 6.07) is 6.61. The Kier molecular flexibility index (Phi) is 9.58. The molecule has 0 unspecified atom stereocenters. The predicted octanol–water partition coefficient (Wildman–Crippen LogP) is 5.53. The van der Waals surface area contributed by atoms with E-state index in [1.807, 2.05) is 4.90 Å². The van der Waals surface area contributed by atoms with Gasteiger partial charge < -0.3 is 9.64 Å². The number of nitrogens with zero attached hydrogens (tertiary/aromatic N) is 3. The van der Waals surface area contributed by atoms with E-state index in [1.165, 1.54) is 32.1 Å². The average Bonchev–Trinajstić information content (AvgIpc) is 2.88. The highest BCUT2D eigenvalue weighted by atomic mass is 35.5. The minimum atomic E-state index is -3.74. The third-order valence-corrected chi connectivity index (χ3v) is 10.5. The van der Waals surface area contributed by atoms with Crippen LogP contribution in [0.5, 0.6) is 0 Å². The molecule has 0 aromatic heterocycles. The van der Waals surface area contributed by atoms with Crippen molar-refractivity contribution in [1.82, 2.24) is 14.1 Å². The summed E-state index contributed by atoms with van der Waals surface area (Å²) in [5.74, 6) is 0. The summed E-state index contributed by atoms with van der Waals surface area (Å²) in [7, 11) is -3.74. The predicted molar refractivity (Wildman–Crippen MR) is 143 cm³/mol. The van der Waals surface area contributed by atoms with Gasteiger partial charge in [-0.25, -0.2) is 13.2 Å². The van der Waals surface area contributed by atoms with E-state index in [0.717, 1.165) is 38.8 Å². The highest BCUT2D eigenvalue weighted by Gasteiger charge is 2.40. The van der Waals surface area contributed by atoms with Crippen LogP contribution in [0.25, 0.3) is 0 Å². The average molecular weight is 540 g/mol. The Balaban J connectivity index is 1.41. The number of hydrogen-bond donors (Lipinski definition) is 0. The molecule has 3 aliphatic rings. The minimum absolute atomic E-state index is 0.0845. The van der Waals surface area contributed by atoms with Crippen molar-refractivity contribution in [2.75, 3.05) is 26.2 Å². The molecule has 1 aromatic carbocycles. The van der Waals surface area contributed by atoms with Gasteiger partial charge in [-0.05, 0) is 63.3 Å². The van der Waals surface area contributed by atoms with Crippen LogP contribution in [0.2, 0.25) is 5.02 Å². The summed E-state index contributed by atoms with van der Waals surface area (Å²) in [5.41, 5.74) is 0. The van der Waals surface area contributed by atoms with E-state index < -0.39 is 10.0 Å². The Bertz CT molecular complexity index is 966. The molecule has 0 radical (unpaired) electrons. The van der Waals surface area contributed by atoms with Crippen LogP contribution in [0.4, 0.5) is 4.79 Å². The molecular formula is C27H42ClN3O4S. The van der Waals surface area contributed by atoms with E-state index in [-0.39, 0.29) is 35.7 Å². The lowest BCUT2D eigenvalue weighted by Gasteiger charge is -2.44. The maximum Gasteiger partial charge on any atom is 0.410 e. The molecule has 3 fully saturated rings. The van der Waals surface area contributed by atoms with E-state index >= 15 is 0 Å². The van der Waals surface area contributed by atoms with E-state index in [0.29, 0.717) is 24.0 Å². The number of sulfonamides is 1. The number of carbonyl (C=O) groups is 1. The molecule has 3 atom stereocenters. The Morgan fingerprint density at radius 2 is 1.69 bits per heavy atom. The normalized spacial score (nSPS) is 27.2. The lowest BCUT2D eigenvalue weighted by atomic mass is 9.93. The highest BCUT2D eigenvalue weighted by Crippen LogP contribution is 2.33. The van der Waals surface area contributed by atoms with Crippen molar-refractivity contribution in [3.05, 3.63) is 29.3 Å². The zero-order chi connectivity index (χ0) is 25.7. The van der Waals surface area contributed by atoms with Crippen LogP contribution in [0.3, 0.4) is 0 Å². The van der Waals surface area contributed by atoms with Gasteiger partial charge in [-0.3, -0.25) is 4.90 Å². The van der Waals surface area contributed by atoms with Gasteiger partial charge in [0.1, 0.15) is 6.61 Å². The van der Waals surface area contributed by atoms with Crippen molar-refractivity contribution < 1.29 is 17.9 Å². The molecule has 2 heterocycles. The quantitative estimate of drug-likeness (QED) is 0.456. The van der Waals surface area contributed by atoms with Gasteiger partial charge in [-0.15, -0.1) is 0 Å². The molecule has 0 N–H and O–H groups in total. The Morgan fingerprint density at radius 3 is 2.36 bits per heavy atom. The van der Waals surface area contributed by atoms with Gasteiger partial charge in [0.2, 0.25) is 10.0 Å². The van der Waals surface area contributed by atoms with Gasteiger partial charge >= 0.3 is 6.09 Å². The number of piperidine rings is 1. The van der Waals surface area contributed by atoms with Crippen LogP contribution < -0.4 is 0 Å². The monoisotopic (exact) mass is 539 g/mol. The minimum Gasteiger partial charge on any atom is -0.448 e. The van der Waals surface area contributed by atoms with Gasteiger partial charge in [-0.1, -0.05) is 50.6 Å². The summed E-state index contributed by atoms with van der Waals surface area (Å²) in [5, 5.41) is 0.501. The lowest BCUT2D eigenvalue weighted by molar-refractivity contribution is 0.0182. The van der Waals surface area contributed by atoms with Crippen LogP contribution in [0, 0.1) is 0 Å². The molecule has 9 heteroatoms. The fraction of sp³-hybridized carbons (Fsp3) is 0.741. The number of ether oxygens (including phenoxy) is 1. The lowest BCUT2D eigenvalue weighted by Crippen LogP contribution is -2.57. The molecule has 1 aromatic rings. The van der Waals surface area contributed by atoms with Crippen LogP contribution in [-0.2, 0) is 14.8 Å². The molecule has 2 aliphatic heterocycles. The molecule has 4 rings (SSSR count). The van der Waals surface area contributed by atoms with Gasteiger partial charge in [0.05, 0.1) is 10.9 Å². The number of hydrogen-bond acceptors (Lipinski definition) is 5. The summed E-state index contributed by atoms with van der Waals surface area (Å²) >= 11 is 6.00. The Morgan fingerprint density at radius 1 is 1.00 bits per heavy atom. The molecule has 1 saturated carbocycles. The maximum absolute atomic E-state index is 13.7. The van der Waals surface area contributed by atoms with Crippen molar-refractivity contribution in [2.24, 2.45) is 0 Å². The second-order valence-corrected chi connectivity index (χ2v) is 13.0. The first-order valence-electron chi connectivity index (χ1n) is 13.8. The molecule has 2 saturated heterocycles. The fourth-order valence-electron chi connectivity index (χ4n) is 6.31. The van der Waals surface area contributed by atoms with E-state index in [2.05, 4.69) is 18.7 Å². The molecule has 1 aliphatic carbocycles. The van der Waals surface area contributed by atoms with E-state index in [1.54, 1.807) is 28.6 Å². The molecule has 36 heavy (non-hydrogen) atoms. The van der Waals surface area contributed by atoms with Crippen LogP contribution >= 0.6 is 11.6 Å². The number of carbonyl (C=O) groups excluding carboxylic acids is 1. The Labute approximate surface area is 222 Å². The van der Waals surface area contributed by atoms with E-state index in [4.69, 9.17) is 16.3 Å². The molecule has 0 bridgehead atoms. The van der Waals surface area contributed by atoms with Gasteiger partial charge in [0.25, 0.3) is 0 Å². The second-order valence-electron chi connectivity index (χ2n) is 10.7. The third kappa shape index (κ3) is 6.37. The number of benzene rings is 1. The molecule has 202 valence electrons. The first-order valence-corrected chi connectivity index (χ1v) is 15.6. The van der Waals surface area contributed by atoms with Crippen molar-refractivity contribution in [3.8, 4) is 0 Å². The van der Waals surface area contributed by atoms with Crippen molar-refractivity contribution in [3.63, 3.8) is 0 Å². The van der Waals surface area contributed by atoms with Crippen LogP contribution in [-0.4, -0.2) is 79.0 Å². The SMILES string of the molecule is CCC[C@H]1CCC[C@@H](COC(=O)N2CCN(C3CCCCC3)C[C@@H]2C)N1S(=O)(=O)c1ccc(Cl)cc1. The van der Waals surface area contributed by atoms with Crippen molar-refractivity contribution >= 4 is 27.7 Å². The maximum atomic E-state index is 13.7. The van der Waals surface area contributed by atoms with Gasteiger partial charge in [0, 0.05) is 42.8 Å².